The third-order valence-electron chi connectivity index (χ3n) is 4.05. The number of hydrogen-bond acceptors (Lipinski definition) is 4. The second-order valence-electron chi connectivity index (χ2n) is 5.80. The number of benzene rings is 1. The first-order valence-corrected chi connectivity index (χ1v) is 7.75. The first kappa shape index (κ1) is 17.9. The van der Waals surface area contributed by atoms with Crippen LogP contribution in [0.1, 0.15) is 22.1 Å². The fourth-order valence-corrected chi connectivity index (χ4v) is 2.64. The highest BCUT2D eigenvalue weighted by atomic mass is 16.5. The Morgan fingerprint density at radius 2 is 1.92 bits per heavy atom. The summed E-state index contributed by atoms with van der Waals surface area (Å²) in [5.41, 5.74) is 1.68. The molecule has 1 aromatic heterocycles. The summed E-state index contributed by atoms with van der Waals surface area (Å²) in [4.78, 5) is 14.5. The van der Waals surface area contributed by atoms with Crippen LogP contribution in [-0.2, 0) is 7.05 Å². The molecule has 0 saturated heterocycles. The molecule has 0 aliphatic rings. The molecule has 0 fully saturated rings. The standard InChI is InChI=1S/C18H25N3O3/c1-20(2)15(14-7-6-10-21(14)3)12-19-18(22)13-8-9-16(23-4)17(11-13)24-5/h6-11,15H,12H2,1-5H3,(H,19,22)/t15-/m0/s1. The molecule has 0 radical (unpaired) electrons. The van der Waals surface area contributed by atoms with Crippen molar-refractivity contribution in [3.05, 3.63) is 47.8 Å². The van der Waals surface area contributed by atoms with E-state index < -0.39 is 0 Å². The summed E-state index contributed by atoms with van der Waals surface area (Å²) in [5, 5.41) is 2.99. The molecule has 0 bridgehead atoms. The number of amides is 1. The molecule has 2 aromatic rings. The van der Waals surface area contributed by atoms with E-state index in [1.165, 1.54) is 0 Å². The van der Waals surface area contributed by atoms with Crippen molar-refractivity contribution in [1.82, 2.24) is 14.8 Å². The summed E-state index contributed by atoms with van der Waals surface area (Å²) in [6.45, 7) is 0.512. The van der Waals surface area contributed by atoms with Crippen molar-refractivity contribution in [1.29, 1.82) is 0 Å². The van der Waals surface area contributed by atoms with Gasteiger partial charge >= 0.3 is 0 Å². The third kappa shape index (κ3) is 3.89. The summed E-state index contributed by atoms with van der Waals surface area (Å²) in [6.07, 6.45) is 2.00. The Hall–Kier alpha value is -2.47. The van der Waals surface area contributed by atoms with Crippen LogP contribution >= 0.6 is 0 Å². The van der Waals surface area contributed by atoms with Crippen molar-refractivity contribution < 1.29 is 14.3 Å². The van der Waals surface area contributed by atoms with Gasteiger partial charge in [0.25, 0.3) is 5.91 Å². The summed E-state index contributed by atoms with van der Waals surface area (Å²) >= 11 is 0. The maximum atomic E-state index is 12.5. The Morgan fingerprint density at radius 3 is 2.46 bits per heavy atom. The zero-order valence-corrected chi connectivity index (χ0v) is 14.9. The first-order chi connectivity index (χ1) is 11.5. The molecule has 0 spiro atoms. The predicted octanol–water partition coefficient (Wildman–Crippen LogP) is 2.08. The van der Waals surface area contributed by atoms with Gasteiger partial charge in [0.2, 0.25) is 0 Å². The van der Waals surface area contributed by atoms with Gasteiger partial charge in [0, 0.05) is 31.0 Å². The Balaban J connectivity index is 2.10. The average molecular weight is 331 g/mol. The van der Waals surface area contributed by atoms with Crippen molar-refractivity contribution >= 4 is 5.91 Å². The summed E-state index contributed by atoms with van der Waals surface area (Å²) in [5.74, 6) is 0.998. The molecule has 0 unspecified atom stereocenters. The minimum Gasteiger partial charge on any atom is -0.493 e. The van der Waals surface area contributed by atoms with E-state index in [0.29, 0.717) is 23.6 Å². The van der Waals surface area contributed by atoms with Crippen LogP contribution in [0.3, 0.4) is 0 Å². The number of aromatic nitrogens is 1. The molecule has 1 aromatic carbocycles. The van der Waals surface area contributed by atoms with Gasteiger partial charge in [-0.2, -0.15) is 0 Å². The number of carbonyl (C=O) groups is 1. The topological polar surface area (TPSA) is 55.7 Å². The van der Waals surface area contributed by atoms with E-state index in [0.717, 1.165) is 5.69 Å². The van der Waals surface area contributed by atoms with Gasteiger partial charge in [-0.1, -0.05) is 0 Å². The van der Waals surface area contributed by atoms with Gasteiger partial charge in [-0.3, -0.25) is 9.69 Å². The molecule has 1 amide bonds. The van der Waals surface area contributed by atoms with E-state index in [2.05, 4.69) is 20.9 Å². The number of aryl methyl sites for hydroxylation is 1. The molecule has 2 rings (SSSR count). The Kier molecular flexibility index (Phi) is 5.87. The number of carbonyl (C=O) groups excluding carboxylic acids is 1. The lowest BCUT2D eigenvalue weighted by Crippen LogP contribution is -2.35. The lowest BCUT2D eigenvalue weighted by atomic mass is 10.1. The van der Waals surface area contributed by atoms with Gasteiger partial charge in [0.05, 0.1) is 20.3 Å². The van der Waals surface area contributed by atoms with Gasteiger partial charge in [0.15, 0.2) is 11.5 Å². The van der Waals surface area contributed by atoms with Gasteiger partial charge in [-0.25, -0.2) is 0 Å². The lowest BCUT2D eigenvalue weighted by molar-refractivity contribution is 0.0940. The zero-order valence-electron chi connectivity index (χ0n) is 14.9. The molecule has 0 aliphatic carbocycles. The molecule has 6 nitrogen and oxygen atoms in total. The van der Waals surface area contributed by atoms with E-state index in [4.69, 9.17) is 9.47 Å². The van der Waals surface area contributed by atoms with Crippen molar-refractivity contribution in [3.63, 3.8) is 0 Å². The lowest BCUT2D eigenvalue weighted by Gasteiger charge is -2.25. The number of rotatable bonds is 7. The maximum Gasteiger partial charge on any atom is 0.251 e. The van der Waals surface area contributed by atoms with Gasteiger partial charge in [-0.05, 0) is 44.4 Å². The summed E-state index contributed by atoms with van der Waals surface area (Å²) in [6, 6.07) is 9.29. The van der Waals surface area contributed by atoms with Crippen LogP contribution in [0.5, 0.6) is 11.5 Å². The minimum atomic E-state index is -0.142. The van der Waals surface area contributed by atoms with Gasteiger partial charge < -0.3 is 19.4 Å². The van der Waals surface area contributed by atoms with E-state index >= 15 is 0 Å². The highest BCUT2D eigenvalue weighted by Gasteiger charge is 2.18. The molecule has 6 heteroatoms. The van der Waals surface area contributed by atoms with Crippen LogP contribution in [0.25, 0.3) is 0 Å². The largest absolute Gasteiger partial charge is 0.493 e. The molecule has 1 heterocycles. The van der Waals surface area contributed by atoms with E-state index in [-0.39, 0.29) is 11.9 Å². The first-order valence-electron chi connectivity index (χ1n) is 7.75. The highest BCUT2D eigenvalue weighted by Crippen LogP contribution is 2.27. The minimum absolute atomic E-state index is 0.0918. The molecule has 130 valence electrons. The molecule has 0 saturated carbocycles. The second-order valence-corrected chi connectivity index (χ2v) is 5.80. The fraction of sp³-hybridized carbons (Fsp3) is 0.389. The highest BCUT2D eigenvalue weighted by molar-refractivity contribution is 5.94. The fourth-order valence-electron chi connectivity index (χ4n) is 2.64. The van der Waals surface area contributed by atoms with Crippen LogP contribution in [0.4, 0.5) is 0 Å². The van der Waals surface area contributed by atoms with Gasteiger partial charge in [0.1, 0.15) is 0 Å². The van der Waals surface area contributed by atoms with Crippen molar-refractivity contribution in [2.24, 2.45) is 7.05 Å². The number of likely N-dealkylation sites (N-methyl/N-ethyl adjacent to an activating group) is 1. The molecule has 24 heavy (non-hydrogen) atoms. The van der Waals surface area contributed by atoms with Crippen LogP contribution in [-0.4, -0.2) is 50.2 Å². The summed E-state index contributed by atoms with van der Waals surface area (Å²) < 4.78 is 12.5. The predicted molar refractivity (Wildman–Crippen MR) is 93.7 cm³/mol. The van der Waals surface area contributed by atoms with E-state index in [1.807, 2.05) is 33.4 Å². The quantitative estimate of drug-likeness (QED) is 0.844. The average Bonchev–Trinajstić information content (AvgIpc) is 2.99. The van der Waals surface area contributed by atoms with Crippen LogP contribution < -0.4 is 14.8 Å². The maximum absolute atomic E-state index is 12.5. The Labute approximate surface area is 143 Å². The molecular formula is C18H25N3O3. The van der Waals surface area contributed by atoms with Crippen LogP contribution in [0.2, 0.25) is 0 Å². The van der Waals surface area contributed by atoms with E-state index in [9.17, 15) is 4.79 Å². The van der Waals surface area contributed by atoms with Gasteiger partial charge in [-0.15, -0.1) is 0 Å². The molecule has 0 aliphatic heterocycles. The SMILES string of the molecule is COc1ccc(C(=O)NC[C@@H](c2cccn2C)N(C)C)cc1OC. The normalized spacial score (nSPS) is 12.1. The monoisotopic (exact) mass is 331 g/mol. The van der Waals surface area contributed by atoms with Crippen molar-refractivity contribution in [3.8, 4) is 11.5 Å². The Morgan fingerprint density at radius 1 is 1.21 bits per heavy atom. The van der Waals surface area contributed by atoms with E-state index in [1.54, 1.807) is 32.4 Å². The van der Waals surface area contributed by atoms with Crippen LogP contribution in [0.15, 0.2) is 36.5 Å². The Bertz CT molecular complexity index is 695. The molecule has 1 atom stereocenters. The van der Waals surface area contributed by atoms with Crippen LogP contribution in [0, 0.1) is 0 Å². The molecular weight excluding hydrogens is 306 g/mol. The molecule has 1 N–H and O–H groups in total. The number of hydrogen-bond donors (Lipinski definition) is 1. The smallest absolute Gasteiger partial charge is 0.251 e. The zero-order chi connectivity index (χ0) is 17.7. The number of ether oxygens (including phenoxy) is 2. The summed E-state index contributed by atoms with van der Waals surface area (Å²) in [7, 11) is 9.12. The van der Waals surface area contributed by atoms with Crippen molar-refractivity contribution in [2.75, 3.05) is 34.9 Å². The van der Waals surface area contributed by atoms with Crippen molar-refractivity contribution in [2.45, 2.75) is 6.04 Å². The third-order valence-corrected chi connectivity index (χ3v) is 4.05. The number of nitrogens with zero attached hydrogens (tertiary/aromatic N) is 2. The number of nitrogens with one attached hydrogen (secondary N) is 1. The second kappa shape index (κ2) is 7.88. The number of methoxy groups -OCH3 is 2.